The third-order valence-electron chi connectivity index (χ3n) is 3.15. The van der Waals surface area contributed by atoms with E-state index in [0.29, 0.717) is 24.1 Å². The average molecular weight is 366 g/mol. The topological polar surface area (TPSA) is 66.9 Å². The van der Waals surface area contributed by atoms with Crippen LogP contribution in [0.5, 0.6) is 0 Å². The van der Waals surface area contributed by atoms with Crippen molar-refractivity contribution in [3.8, 4) is 11.4 Å². The lowest BCUT2D eigenvalue weighted by Gasteiger charge is -2.20. The summed E-state index contributed by atoms with van der Waals surface area (Å²) >= 11 is 7.34. The third-order valence-corrected chi connectivity index (χ3v) is 4.56. The molecule has 0 aliphatic rings. The number of nitrogens with zero attached hydrogens (tertiary/aromatic N) is 5. The maximum atomic E-state index is 5.72. The zero-order chi connectivity index (χ0) is 17.4. The van der Waals surface area contributed by atoms with Gasteiger partial charge >= 0.3 is 0 Å². The summed E-state index contributed by atoms with van der Waals surface area (Å²) in [5.41, 5.74) is 2.08. The van der Waals surface area contributed by atoms with Crippen LogP contribution in [0.4, 0.5) is 0 Å². The highest BCUT2D eigenvalue weighted by molar-refractivity contribution is 8.13. The molecule has 0 fully saturated rings. The Kier molecular flexibility index (Phi) is 7.27. The van der Waals surface area contributed by atoms with Crippen LogP contribution in [0, 0.1) is 6.92 Å². The van der Waals surface area contributed by atoms with Crippen molar-refractivity contribution in [2.45, 2.75) is 19.9 Å². The van der Waals surface area contributed by atoms with E-state index in [4.69, 9.17) is 16.1 Å². The van der Waals surface area contributed by atoms with Crippen molar-refractivity contribution >= 4 is 35.2 Å². The first-order chi connectivity index (χ1) is 11.6. The third kappa shape index (κ3) is 5.35. The van der Waals surface area contributed by atoms with Gasteiger partial charge in [-0.2, -0.15) is 10.1 Å². The van der Waals surface area contributed by atoms with Crippen molar-refractivity contribution in [3.05, 3.63) is 35.7 Å². The van der Waals surface area contributed by atoms with Gasteiger partial charge in [0.25, 0.3) is 0 Å². The van der Waals surface area contributed by atoms with Gasteiger partial charge in [0.05, 0.1) is 0 Å². The number of amidine groups is 1. The number of hydrogen-bond acceptors (Lipinski definition) is 6. The number of benzene rings is 1. The van der Waals surface area contributed by atoms with Gasteiger partial charge in [-0.05, 0) is 12.0 Å². The molecule has 128 valence electrons. The molecule has 0 saturated heterocycles. The molecule has 0 bridgehead atoms. The molecule has 1 aromatic carbocycles. The predicted molar refractivity (Wildman–Crippen MR) is 101 cm³/mol. The quantitative estimate of drug-likeness (QED) is 0.245. The number of halogens is 1. The fourth-order valence-corrected chi connectivity index (χ4v) is 3.17. The maximum absolute atomic E-state index is 5.72. The van der Waals surface area contributed by atoms with E-state index in [9.17, 15) is 0 Å². The van der Waals surface area contributed by atoms with Crippen LogP contribution in [0.15, 0.2) is 39.0 Å². The van der Waals surface area contributed by atoms with E-state index in [1.807, 2.05) is 36.2 Å². The second-order valence-electron chi connectivity index (χ2n) is 5.10. The molecule has 2 aromatic rings. The summed E-state index contributed by atoms with van der Waals surface area (Å²) in [4.78, 5) is 6.27. The molecule has 6 nitrogen and oxygen atoms in total. The Morgan fingerprint density at radius 2 is 2.12 bits per heavy atom. The van der Waals surface area contributed by atoms with Crippen molar-refractivity contribution in [2.24, 2.45) is 10.2 Å². The Bertz CT molecular complexity index is 686. The second kappa shape index (κ2) is 9.44. The first-order valence-corrected chi connectivity index (χ1v) is 8.99. The van der Waals surface area contributed by atoms with Crippen LogP contribution in [0.25, 0.3) is 11.4 Å². The molecule has 0 atom stereocenters. The van der Waals surface area contributed by atoms with E-state index in [1.54, 1.807) is 18.7 Å². The highest BCUT2D eigenvalue weighted by Crippen LogP contribution is 2.18. The van der Waals surface area contributed by atoms with Crippen LogP contribution < -0.4 is 0 Å². The lowest BCUT2D eigenvalue weighted by Crippen LogP contribution is -2.24. The van der Waals surface area contributed by atoms with E-state index < -0.39 is 0 Å². The molecule has 1 aromatic heterocycles. The summed E-state index contributed by atoms with van der Waals surface area (Å²) in [6.45, 7) is 5.93. The largest absolute Gasteiger partial charge is 0.349 e. The molecule has 2 rings (SSSR count). The Morgan fingerprint density at radius 3 is 2.71 bits per heavy atom. The molecule has 0 spiro atoms. The fourth-order valence-electron chi connectivity index (χ4n) is 2.01. The average Bonchev–Trinajstić information content (AvgIpc) is 3.01. The summed E-state index contributed by atoms with van der Waals surface area (Å²) in [5, 5.41) is 12.5. The molecule has 0 N–H and O–H groups in total. The van der Waals surface area contributed by atoms with Crippen molar-refractivity contribution in [1.29, 1.82) is 0 Å². The number of aromatic nitrogens is 2. The van der Waals surface area contributed by atoms with Crippen LogP contribution in [0.3, 0.4) is 0 Å². The van der Waals surface area contributed by atoms with Gasteiger partial charge < -0.3 is 9.42 Å². The van der Waals surface area contributed by atoms with Gasteiger partial charge in [0.2, 0.25) is 11.7 Å². The number of hydrogen-bond donors (Lipinski definition) is 0. The van der Waals surface area contributed by atoms with Gasteiger partial charge in [0.1, 0.15) is 0 Å². The van der Waals surface area contributed by atoms with Gasteiger partial charge in [0.15, 0.2) is 5.17 Å². The number of rotatable bonds is 7. The molecule has 8 heteroatoms. The minimum Gasteiger partial charge on any atom is -0.349 e. The fraction of sp³-hybridized carbons (Fsp3) is 0.375. The minimum absolute atomic E-state index is 0.556. The summed E-state index contributed by atoms with van der Waals surface area (Å²) in [5.74, 6) is 2.70. The van der Waals surface area contributed by atoms with Crippen LogP contribution in [0.1, 0.15) is 17.9 Å². The molecular formula is C16H20ClN5OS. The van der Waals surface area contributed by atoms with Crippen LogP contribution in [-0.2, 0) is 6.54 Å². The number of thioether (sulfide) groups is 1. The summed E-state index contributed by atoms with van der Waals surface area (Å²) in [7, 11) is 1.98. The van der Waals surface area contributed by atoms with Gasteiger partial charge in [-0.1, -0.05) is 41.2 Å². The van der Waals surface area contributed by atoms with Crippen molar-refractivity contribution < 1.29 is 4.52 Å². The van der Waals surface area contributed by atoms with E-state index in [2.05, 4.69) is 27.1 Å². The van der Waals surface area contributed by atoms with Crippen LogP contribution in [-0.4, -0.2) is 45.6 Å². The van der Waals surface area contributed by atoms with Crippen molar-refractivity contribution in [1.82, 2.24) is 15.0 Å². The van der Waals surface area contributed by atoms with Gasteiger partial charge in [0, 0.05) is 44.4 Å². The van der Waals surface area contributed by atoms with Gasteiger partial charge in [-0.15, -0.1) is 16.7 Å². The van der Waals surface area contributed by atoms with E-state index >= 15 is 0 Å². The SMILES string of the molecule is C=N/N=C(/SCCCCl)N(C)Cc1ccc(-c2noc(C)n2)cc1. The number of alkyl halides is 1. The van der Waals surface area contributed by atoms with Gasteiger partial charge in [-0.25, -0.2) is 0 Å². The van der Waals surface area contributed by atoms with E-state index in [0.717, 1.165) is 28.5 Å². The Hall–Kier alpha value is -1.86. The summed E-state index contributed by atoms with van der Waals surface area (Å²) < 4.78 is 5.01. The molecule has 1 heterocycles. The van der Waals surface area contributed by atoms with Crippen molar-refractivity contribution in [2.75, 3.05) is 18.7 Å². The Morgan fingerprint density at radius 1 is 1.38 bits per heavy atom. The lowest BCUT2D eigenvalue weighted by molar-refractivity contribution is 0.394. The minimum atomic E-state index is 0.556. The first kappa shape index (κ1) is 18.5. The second-order valence-corrected chi connectivity index (χ2v) is 6.55. The highest BCUT2D eigenvalue weighted by Gasteiger charge is 2.10. The monoisotopic (exact) mass is 365 g/mol. The zero-order valence-electron chi connectivity index (χ0n) is 13.8. The normalized spacial score (nSPS) is 11.5. The molecule has 0 amide bonds. The molecular weight excluding hydrogens is 346 g/mol. The molecule has 24 heavy (non-hydrogen) atoms. The highest BCUT2D eigenvalue weighted by atomic mass is 35.5. The molecule has 0 aliphatic heterocycles. The standard InChI is InChI=1S/C16H20ClN5OS/c1-12-19-15(21-23-12)14-7-5-13(6-8-14)11-22(3)16(20-18-2)24-10-4-9-17/h5-8H,2,4,9-11H2,1,3H3/b20-16+. The zero-order valence-corrected chi connectivity index (χ0v) is 15.3. The maximum Gasteiger partial charge on any atom is 0.223 e. The molecule has 0 unspecified atom stereocenters. The van der Waals surface area contributed by atoms with Crippen LogP contribution in [0.2, 0.25) is 0 Å². The smallest absolute Gasteiger partial charge is 0.223 e. The first-order valence-electron chi connectivity index (χ1n) is 7.47. The Labute approximate surface area is 151 Å². The van der Waals surface area contributed by atoms with Crippen molar-refractivity contribution in [3.63, 3.8) is 0 Å². The molecule has 0 saturated carbocycles. The molecule has 0 radical (unpaired) electrons. The Balaban J connectivity index is 2.00. The van der Waals surface area contributed by atoms with Crippen LogP contribution >= 0.6 is 23.4 Å². The van der Waals surface area contributed by atoms with E-state index in [-0.39, 0.29) is 0 Å². The molecule has 0 aliphatic carbocycles. The summed E-state index contributed by atoms with van der Waals surface area (Å²) in [6.07, 6.45) is 0.926. The predicted octanol–water partition coefficient (Wildman–Crippen LogP) is 3.81. The summed E-state index contributed by atoms with van der Waals surface area (Å²) in [6, 6.07) is 8.05. The van der Waals surface area contributed by atoms with E-state index in [1.165, 1.54) is 0 Å². The number of aryl methyl sites for hydroxylation is 1. The lowest BCUT2D eigenvalue weighted by atomic mass is 10.1. The van der Waals surface area contributed by atoms with Gasteiger partial charge in [-0.3, -0.25) is 0 Å².